The number of benzene rings is 1. The first kappa shape index (κ1) is 10.8. The van der Waals surface area contributed by atoms with Crippen molar-refractivity contribution >= 4 is 23.6 Å². The fraction of sp³-hybridized carbons (Fsp3) is 0.182. The maximum absolute atomic E-state index is 11.1. The maximum Gasteiger partial charge on any atom is 0.243 e. The minimum atomic E-state index is -0.0811. The molecule has 1 rings (SSSR count). The Hall–Kier alpha value is -1.28. The van der Waals surface area contributed by atoms with Crippen molar-refractivity contribution in [1.82, 2.24) is 5.32 Å². The van der Waals surface area contributed by atoms with Gasteiger partial charge >= 0.3 is 0 Å². The third kappa shape index (κ3) is 3.62. The van der Waals surface area contributed by atoms with Gasteiger partial charge in [0.05, 0.1) is 0 Å². The zero-order valence-corrected chi connectivity index (χ0v) is 8.71. The number of likely N-dealkylation sites (N-methyl/N-ethyl adjacent to an activating group) is 1. The second kappa shape index (κ2) is 5.45. The molecule has 0 heterocycles. The quantitative estimate of drug-likeness (QED) is 0.762. The zero-order valence-electron chi connectivity index (χ0n) is 7.96. The van der Waals surface area contributed by atoms with Crippen LogP contribution >= 0.6 is 11.6 Å². The number of rotatable bonds is 3. The number of carbonyl (C=O) groups excluding carboxylic acids is 1. The molecule has 3 heteroatoms. The van der Waals surface area contributed by atoms with Crippen molar-refractivity contribution in [3.63, 3.8) is 0 Å². The second-order valence-corrected chi connectivity index (χ2v) is 3.22. The molecule has 14 heavy (non-hydrogen) atoms. The fourth-order valence-corrected chi connectivity index (χ4v) is 1.10. The number of halogens is 1. The number of amides is 1. The molecule has 0 saturated heterocycles. The summed E-state index contributed by atoms with van der Waals surface area (Å²) < 4.78 is 0. The average molecular weight is 210 g/mol. The Morgan fingerprint density at radius 2 is 2.07 bits per heavy atom. The van der Waals surface area contributed by atoms with E-state index in [-0.39, 0.29) is 5.91 Å². The van der Waals surface area contributed by atoms with Crippen molar-refractivity contribution < 1.29 is 4.79 Å². The Bertz CT molecular complexity index is 330. The van der Waals surface area contributed by atoms with Gasteiger partial charge in [0.2, 0.25) is 5.91 Å². The normalized spacial score (nSPS) is 10.4. The molecule has 0 saturated carbocycles. The van der Waals surface area contributed by atoms with E-state index in [2.05, 4.69) is 5.32 Å². The van der Waals surface area contributed by atoms with Gasteiger partial charge in [-0.05, 0) is 30.7 Å². The average Bonchev–Trinajstić information content (AvgIpc) is 2.17. The lowest BCUT2D eigenvalue weighted by Gasteiger charge is -1.95. The predicted molar refractivity (Wildman–Crippen MR) is 59.2 cm³/mol. The summed E-state index contributed by atoms with van der Waals surface area (Å²) in [5, 5.41) is 3.37. The lowest BCUT2D eigenvalue weighted by atomic mass is 10.2. The van der Waals surface area contributed by atoms with Gasteiger partial charge < -0.3 is 5.32 Å². The molecule has 0 radical (unpaired) electrons. The molecular formula is C11H12ClNO. The Morgan fingerprint density at radius 1 is 1.43 bits per heavy atom. The van der Waals surface area contributed by atoms with Crippen molar-refractivity contribution in [3.05, 3.63) is 40.9 Å². The summed E-state index contributed by atoms with van der Waals surface area (Å²) in [4.78, 5) is 11.1. The van der Waals surface area contributed by atoms with Gasteiger partial charge in [-0.2, -0.15) is 0 Å². The first-order valence-electron chi connectivity index (χ1n) is 4.44. The van der Waals surface area contributed by atoms with Gasteiger partial charge in [0.15, 0.2) is 0 Å². The smallest absolute Gasteiger partial charge is 0.243 e. The Kier molecular flexibility index (Phi) is 4.20. The van der Waals surface area contributed by atoms with E-state index >= 15 is 0 Å². The predicted octanol–water partition coefficient (Wildman–Crippen LogP) is 2.49. The van der Waals surface area contributed by atoms with E-state index in [0.29, 0.717) is 11.6 Å². The van der Waals surface area contributed by atoms with E-state index in [4.69, 9.17) is 11.6 Å². The van der Waals surface area contributed by atoms with E-state index in [0.717, 1.165) is 5.56 Å². The third-order valence-corrected chi connectivity index (χ3v) is 1.90. The van der Waals surface area contributed by atoms with Crippen molar-refractivity contribution in [2.75, 3.05) is 6.54 Å². The Labute approximate surface area is 88.6 Å². The van der Waals surface area contributed by atoms with Crippen LogP contribution in [-0.2, 0) is 4.79 Å². The van der Waals surface area contributed by atoms with Crippen molar-refractivity contribution in [2.45, 2.75) is 6.92 Å². The zero-order chi connectivity index (χ0) is 10.4. The van der Waals surface area contributed by atoms with Crippen LogP contribution in [0.4, 0.5) is 0 Å². The molecule has 0 atom stereocenters. The lowest BCUT2D eigenvalue weighted by Crippen LogP contribution is -2.19. The molecule has 74 valence electrons. The summed E-state index contributed by atoms with van der Waals surface area (Å²) in [5.41, 5.74) is 0.959. The van der Waals surface area contributed by atoms with Crippen LogP contribution < -0.4 is 5.32 Å². The molecule has 0 fully saturated rings. The summed E-state index contributed by atoms with van der Waals surface area (Å²) in [6.45, 7) is 2.53. The van der Waals surface area contributed by atoms with Gasteiger partial charge in [-0.1, -0.05) is 23.7 Å². The largest absolute Gasteiger partial charge is 0.353 e. The summed E-state index contributed by atoms with van der Waals surface area (Å²) in [7, 11) is 0. The molecule has 2 nitrogen and oxygen atoms in total. The molecule has 0 unspecified atom stereocenters. The highest BCUT2D eigenvalue weighted by Crippen LogP contribution is 2.10. The maximum atomic E-state index is 11.1. The molecule has 0 aliphatic heterocycles. The first-order chi connectivity index (χ1) is 6.72. The molecule has 0 aliphatic carbocycles. The minimum absolute atomic E-state index is 0.0811. The van der Waals surface area contributed by atoms with Gasteiger partial charge in [0.1, 0.15) is 0 Å². The highest BCUT2D eigenvalue weighted by molar-refractivity contribution is 6.30. The summed E-state index contributed by atoms with van der Waals surface area (Å²) in [6, 6.07) is 7.30. The first-order valence-corrected chi connectivity index (χ1v) is 4.81. The van der Waals surface area contributed by atoms with Crippen LogP contribution in [0.2, 0.25) is 5.02 Å². The van der Waals surface area contributed by atoms with Gasteiger partial charge in [-0.3, -0.25) is 4.79 Å². The van der Waals surface area contributed by atoms with Crippen LogP contribution in [-0.4, -0.2) is 12.5 Å². The van der Waals surface area contributed by atoms with E-state index in [1.807, 2.05) is 19.1 Å². The Morgan fingerprint density at radius 3 is 2.64 bits per heavy atom. The van der Waals surface area contributed by atoms with Crippen LogP contribution in [0.15, 0.2) is 30.3 Å². The van der Waals surface area contributed by atoms with Crippen LogP contribution in [0.5, 0.6) is 0 Å². The van der Waals surface area contributed by atoms with Crippen molar-refractivity contribution in [2.24, 2.45) is 0 Å². The van der Waals surface area contributed by atoms with E-state index < -0.39 is 0 Å². The molecule has 1 aromatic rings. The Balaban J connectivity index is 2.60. The summed E-state index contributed by atoms with van der Waals surface area (Å²) in [6.07, 6.45) is 3.26. The number of hydrogen-bond acceptors (Lipinski definition) is 1. The molecule has 1 amide bonds. The summed E-state index contributed by atoms with van der Waals surface area (Å²) >= 11 is 5.72. The molecule has 1 N–H and O–H groups in total. The number of hydrogen-bond donors (Lipinski definition) is 1. The molecule has 0 aromatic heterocycles. The van der Waals surface area contributed by atoms with Crippen molar-refractivity contribution in [1.29, 1.82) is 0 Å². The lowest BCUT2D eigenvalue weighted by molar-refractivity contribution is -0.116. The van der Waals surface area contributed by atoms with Crippen molar-refractivity contribution in [3.8, 4) is 0 Å². The van der Waals surface area contributed by atoms with Crippen LogP contribution in [0.25, 0.3) is 6.08 Å². The minimum Gasteiger partial charge on any atom is -0.353 e. The van der Waals surface area contributed by atoms with E-state index in [1.54, 1.807) is 18.2 Å². The van der Waals surface area contributed by atoms with Crippen LogP contribution in [0.1, 0.15) is 12.5 Å². The van der Waals surface area contributed by atoms with E-state index in [1.165, 1.54) is 6.08 Å². The molecule has 0 spiro atoms. The highest BCUT2D eigenvalue weighted by Gasteiger charge is 1.91. The second-order valence-electron chi connectivity index (χ2n) is 2.78. The molecule has 0 bridgehead atoms. The van der Waals surface area contributed by atoms with Crippen LogP contribution in [0.3, 0.4) is 0 Å². The highest BCUT2D eigenvalue weighted by atomic mass is 35.5. The van der Waals surface area contributed by atoms with Gasteiger partial charge in [0.25, 0.3) is 0 Å². The number of carbonyl (C=O) groups is 1. The third-order valence-electron chi connectivity index (χ3n) is 1.65. The van der Waals surface area contributed by atoms with Gasteiger partial charge in [0, 0.05) is 17.6 Å². The molecular weight excluding hydrogens is 198 g/mol. The molecule has 0 aliphatic rings. The van der Waals surface area contributed by atoms with E-state index in [9.17, 15) is 4.79 Å². The standard InChI is InChI=1S/C11H12ClNO/c1-2-13-11(14)8-5-9-3-6-10(12)7-4-9/h3-8H,2H2,1H3,(H,13,14). The number of nitrogens with one attached hydrogen (secondary N) is 1. The monoisotopic (exact) mass is 209 g/mol. The fourth-order valence-electron chi connectivity index (χ4n) is 0.979. The van der Waals surface area contributed by atoms with Gasteiger partial charge in [-0.25, -0.2) is 0 Å². The summed E-state index contributed by atoms with van der Waals surface area (Å²) in [5.74, 6) is -0.0811. The topological polar surface area (TPSA) is 29.1 Å². The van der Waals surface area contributed by atoms with Crippen LogP contribution in [0, 0.1) is 0 Å². The van der Waals surface area contributed by atoms with Gasteiger partial charge in [-0.15, -0.1) is 0 Å². The SMILES string of the molecule is CCNC(=O)C=Cc1ccc(Cl)cc1. The molecule has 1 aromatic carbocycles.